The van der Waals surface area contributed by atoms with E-state index in [4.69, 9.17) is 0 Å². The summed E-state index contributed by atoms with van der Waals surface area (Å²) in [4.78, 5) is 5.27. The molecule has 4 aliphatic rings. The maximum atomic E-state index is 2.63. The number of benzene rings is 7. The van der Waals surface area contributed by atoms with Crippen molar-refractivity contribution in [2.24, 2.45) is 0 Å². The number of nitrogens with zero attached hydrogens (tertiary/aromatic N) is 2. The van der Waals surface area contributed by atoms with Crippen LogP contribution < -0.4 is 9.80 Å². The molecule has 0 unspecified atom stereocenters. The van der Waals surface area contributed by atoms with Gasteiger partial charge in [-0.15, -0.1) is 0 Å². The van der Waals surface area contributed by atoms with Crippen LogP contribution in [0.2, 0.25) is 0 Å². The number of rotatable bonds is 4. The summed E-state index contributed by atoms with van der Waals surface area (Å²) in [7, 11) is 0. The second-order valence-electron chi connectivity index (χ2n) is 18.2. The zero-order valence-electron chi connectivity index (χ0n) is 33.5. The first-order valence-corrected chi connectivity index (χ1v) is 21.3. The van der Waals surface area contributed by atoms with Gasteiger partial charge in [-0.05, 0) is 163 Å². The minimum atomic E-state index is -0.0668. The van der Waals surface area contributed by atoms with Gasteiger partial charge in [0.2, 0.25) is 0 Å². The average molecular weight is 729 g/mol. The quantitative estimate of drug-likeness (QED) is 0.167. The Labute approximate surface area is 332 Å². The van der Waals surface area contributed by atoms with Crippen LogP contribution in [0.15, 0.2) is 121 Å². The minimum absolute atomic E-state index is 0.0668. The molecular weight excluding hydrogens is 677 g/mol. The Morgan fingerprint density at radius 2 is 0.750 bits per heavy atom. The first-order chi connectivity index (χ1) is 27.3. The van der Waals surface area contributed by atoms with E-state index >= 15 is 0 Å². The van der Waals surface area contributed by atoms with Gasteiger partial charge in [-0.1, -0.05) is 113 Å². The van der Waals surface area contributed by atoms with Gasteiger partial charge < -0.3 is 9.80 Å². The smallest absolute Gasteiger partial charge is 0.0372 e. The molecule has 2 heteroatoms. The van der Waals surface area contributed by atoms with Crippen LogP contribution in [0.4, 0.5) is 11.4 Å². The first kappa shape index (κ1) is 34.0. The number of hydrogen-bond acceptors (Lipinski definition) is 2. The number of fused-ring (bicyclic) bond motifs is 8. The van der Waals surface area contributed by atoms with Crippen molar-refractivity contribution in [3.63, 3.8) is 0 Å². The van der Waals surface area contributed by atoms with Crippen LogP contribution in [-0.4, -0.2) is 26.2 Å². The predicted molar refractivity (Wildman–Crippen MR) is 240 cm³/mol. The topological polar surface area (TPSA) is 6.48 Å². The fraction of sp³-hybridized carbons (Fsp3) is 0.296. The summed E-state index contributed by atoms with van der Waals surface area (Å²) in [6.45, 7) is 14.2. The zero-order chi connectivity index (χ0) is 37.8. The summed E-state index contributed by atoms with van der Waals surface area (Å²) in [5.74, 6) is 0. The molecule has 56 heavy (non-hydrogen) atoms. The van der Waals surface area contributed by atoms with Gasteiger partial charge in [0, 0.05) is 48.4 Å². The van der Waals surface area contributed by atoms with Crippen LogP contribution >= 0.6 is 0 Å². The highest BCUT2D eigenvalue weighted by atomic mass is 15.1. The van der Waals surface area contributed by atoms with Gasteiger partial charge in [-0.25, -0.2) is 0 Å². The third-order valence-electron chi connectivity index (χ3n) is 14.3. The summed E-state index contributed by atoms with van der Waals surface area (Å²) in [6, 6.07) is 47.8. The summed E-state index contributed by atoms with van der Waals surface area (Å²) in [5, 5.41) is 5.41. The van der Waals surface area contributed by atoms with Crippen molar-refractivity contribution in [3.05, 3.63) is 144 Å². The molecule has 2 nitrogen and oxygen atoms in total. The van der Waals surface area contributed by atoms with E-state index in [1.165, 1.54) is 138 Å². The van der Waals surface area contributed by atoms with Crippen molar-refractivity contribution < 1.29 is 0 Å². The third-order valence-corrected chi connectivity index (χ3v) is 14.3. The SMILES string of the molecule is CC1(C)c2ccccc2-c2ccc(-c3c4ccc(N5CCCCC5)cc4c(-c4ccc5c(c4)C(C)(C)c4ccccc4-5)c4ccc(N5CCCCC5)cc34)cc21. The molecule has 2 aliphatic carbocycles. The van der Waals surface area contributed by atoms with Crippen LogP contribution in [0, 0.1) is 0 Å². The molecule has 0 bridgehead atoms. The van der Waals surface area contributed by atoms with Crippen LogP contribution in [0.3, 0.4) is 0 Å². The van der Waals surface area contributed by atoms with E-state index in [0.29, 0.717) is 0 Å². The first-order valence-electron chi connectivity index (χ1n) is 21.3. The Morgan fingerprint density at radius 1 is 0.357 bits per heavy atom. The van der Waals surface area contributed by atoms with Gasteiger partial charge >= 0.3 is 0 Å². The molecule has 0 spiro atoms. The van der Waals surface area contributed by atoms with Gasteiger partial charge in [-0.2, -0.15) is 0 Å². The second kappa shape index (κ2) is 12.6. The number of hydrogen-bond donors (Lipinski definition) is 0. The lowest BCUT2D eigenvalue weighted by Crippen LogP contribution is -2.29. The van der Waals surface area contributed by atoms with E-state index in [0.717, 1.165) is 26.2 Å². The molecule has 0 atom stereocenters. The molecule has 0 saturated carbocycles. The molecule has 0 radical (unpaired) electrons. The van der Waals surface area contributed by atoms with E-state index in [1.54, 1.807) is 0 Å². The fourth-order valence-electron chi connectivity index (χ4n) is 11.2. The molecule has 2 heterocycles. The molecule has 278 valence electrons. The molecule has 11 rings (SSSR count). The van der Waals surface area contributed by atoms with Crippen LogP contribution in [0.5, 0.6) is 0 Å². The van der Waals surface area contributed by atoms with E-state index in [9.17, 15) is 0 Å². The molecule has 7 aromatic rings. The van der Waals surface area contributed by atoms with Crippen molar-refractivity contribution in [2.45, 2.75) is 77.0 Å². The van der Waals surface area contributed by atoms with Crippen molar-refractivity contribution in [1.29, 1.82) is 0 Å². The molecule has 2 saturated heterocycles. The Hall–Kier alpha value is -5.34. The Kier molecular flexibility index (Phi) is 7.63. The molecule has 0 aromatic heterocycles. The van der Waals surface area contributed by atoms with Gasteiger partial charge in [0.15, 0.2) is 0 Å². The molecule has 0 N–H and O–H groups in total. The highest BCUT2D eigenvalue weighted by molar-refractivity contribution is 6.22. The van der Waals surface area contributed by atoms with E-state index in [1.807, 2.05) is 0 Å². The highest BCUT2D eigenvalue weighted by Crippen LogP contribution is 2.54. The van der Waals surface area contributed by atoms with Crippen LogP contribution in [-0.2, 0) is 10.8 Å². The van der Waals surface area contributed by atoms with Gasteiger partial charge in [0.05, 0.1) is 0 Å². The summed E-state index contributed by atoms with van der Waals surface area (Å²) >= 11 is 0. The lowest BCUT2D eigenvalue weighted by Gasteiger charge is -2.31. The maximum Gasteiger partial charge on any atom is 0.0372 e. The molecule has 2 fully saturated rings. The predicted octanol–water partition coefficient (Wildman–Crippen LogP) is 13.9. The van der Waals surface area contributed by atoms with Crippen molar-refractivity contribution in [1.82, 2.24) is 0 Å². The summed E-state index contributed by atoms with van der Waals surface area (Å²) in [6.07, 6.45) is 7.72. The Morgan fingerprint density at radius 3 is 1.18 bits per heavy atom. The summed E-state index contributed by atoms with van der Waals surface area (Å²) in [5.41, 5.74) is 19.2. The standard InChI is InChI=1S/C54H52N2/c1-53(2)47-17-9-7-15-39(47)41-23-19-35(31-49(41)53)51-43-25-21-38(56-29-13-6-14-30-56)34-46(43)52(44-26-22-37(33-45(44)51)55-27-11-5-12-28-55)36-20-24-42-40-16-8-10-18-48(40)54(3,4)50(42)32-36/h7-10,15-26,31-34H,5-6,11-14,27-30H2,1-4H3. The fourth-order valence-corrected chi connectivity index (χ4v) is 11.2. The van der Waals surface area contributed by atoms with Crippen molar-refractivity contribution >= 4 is 32.9 Å². The Balaban J connectivity index is 1.21. The minimum Gasteiger partial charge on any atom is -0.372 e. The lowest BCUT2D eigenvalue weighted by atomic mass is 9.79. The zero-order valence-corrected chi connectivity index (χ0v) is 33.5. The van der Waals surface area contributed by atoms with Gasteiger partial charge in [0.1, 0.15) is 0 Å². The normalized spacial score (nSPS) is 17.9. The van der Waals surface area contributed by atoms with Crippen LogP contribution in [0.1, 0.15) is 88.5 Å². The van der Waals surface area contributed by atoms with Crippen LogP contribution in [0.25, 0.3) is 66.1 Å². The lowest BCUT2D eigenvalue weighted by molar-refractivity contribution is 0.578. The Bertz CT molecular complexity index is 2530. The second-order valence-corrected chi connectivity index (χ2v) is 18.2. The van der Waals surface area contributed by atoms with Crippen molar-refractivity contribution in [3.8, 4) is 44.5 Å². The van der Waals surface area contributed by atoms with E-state index in [-0.39, 0.29) is 10.8 Å². The number of piperidine rings is 2. The monoisotopic (exact) mass is 728 g/mol. The van der Waals surface area contributed by atoms with Crippen molar-refractivity contribution in [2.75, 3.05) is 36.0 Å². The number of anilines is 2. The maximum absolute atomic E-state index is 2.63. The summed E-state index contributed by atoms with van der Waals surface area (Å²) < 4.78 is 0. The van der Waals surface area contributed by atoms with Gasteiger partial charge in [-0.3, -0.25) is 0 Å². The molecule has 2 aliphatic heterocycles. The molecule has 0 amide bonds. The average Bonchev–Trinajstić information content (AvgIpc) is 3.62. The highest BCUT2D eigenvalue weighted by Gasteiger charge is 2.37. The molecule has 7 aromatic carbocycles. The largest absolute Gasteiger partial charge is 0.372 e. The molecular formula is C54H52N2. The van der Waals surface area contributed by atoms with E-state index < -0.39 is 0 Å². The third kappa shape index (κ3) is 5.00. The van der Waals surface area contributed by atoms with Gasteiger partial charge in [0.25, 0.3) is 0 Å². The van der Waals surface area contributed by atoms with E-state index in [2.05, 4.69) is 159 Å².